The lowest BCUT2D eigenvalue weighted by Crippen LogP contribution is -2.01. The summed E-state index contributed by atoms with van der Waals surface area (Å²) in [6, 6.07) is 0. The Hall–Kier alpha value is -0.940. The smallest absolute Gasteiger partial charge is 0.103 e. The quantitative estimate of drug-likeness (QED) is 0.368. The number of hydrogen-bond donors (Lipinski definition) is 2. The molecule has 0 aliphatic carbocycles. The molecule has 0 spiro atoms. The minimum absolute atomic E-state index is 0.362. The molecule has 0 radical (unpaired) electrons. The van der Waals surface area contributed by atoms with Crippen molar-refractivity contribution in [3.05, 3.63) is 12.3 Å². The lowest BCUT2D eigenvalue weighted by atomic mass is 10.2. The van der Waals surface area contributed by atoms with Gasteiger partial charge in [-0.05, 0) is 12.3 Å². The van der Waals surface area contributed by atoms with Gasteiger partial charge in [-0.3, -0.25) is 10.7 Å². The van der Waals surface area contributed by atoms with Gasteiger partial charge in [-0.15, -0.1) is 0 Å². The third-order valence-corrected chi connectivity index (χ3v) is 1.28. The van der Waals surface area contributed by atoms with Crippen LogP contribution in [-0.4, -0.2) is 5.21 Å². The Labute approximate surface area is 68.3 Å². The highest BCUT2D eigenvalue weighted by Crippen LogP contribution is 1.96. The number of hydrogen-bond acceptors (Lipinski definition) is 2. The third-order valence-electron chi connectivity index (χ3n) is 1.28. The monoisotopic (exact) mass is 153 g/mol. The van der Waals surface area contributed by atoms with Gasteiger partial charge in [-0.1, -0.05) is 32.3 Å². The minimum atomic E-state index is 0.362. The van der Waals surface area contributed by atoms with Crippen LogP contribution in [0.1, 0.15) is 32.6 Å². The summed E-state index contributed by atoms with van der Waals surface area (Å²) in [6.07, 6.45) is 4.44. The van der Waals surface area contributed by atoms with E-state index in [1.165, 1.54) is 12.8 Å². The summed E-state index contributed by atoms with van der Waals surface area (Å²) in [5, 5.41) is 8.29. The van der Waals surface area contributed by atoms with Crippen molar-refractivity contribution in [3.63, 3.8) is 0 Å². The number of hydroxylamine groups is 1. The van der Waals surface area contributed by atoms with Crippen LogP contribution in [0, 0.1) is 11.8 Å². The zero-order valence-electron chi connectivity index (χ0n) is 6.98. The van der Waals surface area contributed by atoms with Crippen molar-refractivity contribution in [3.8, 4) is 11.8 Å². The Morgan fingerprint density at radius 2 is 2.27 bits per heavy atom. The first-order valence-electron chi connectivity index (χ1n) is 3.89. The maximum Gasteiger partial charge on any atom is 0.103 e. The van der Waals surface area contributed by atoms with E-state index in [1.807, 2.05) is 5.48 Å². The molecule has 0 heterocycles. The fourth-order valence-corrected chi connectivity index (χ4v) is 0.661. The molecule has 2 N–H and O–H groups in total. The van der Waals surface area contributed by atoms with Crippen LogP contribution in [0.2, 0.25) is 0 Å². The van der Waals surface area contributed by atoms with Crippen molar-refractivity contribution in [1.82, 2.24) is 5.48 Å². The first kappa shape index (κ1) is 10.1. The Kier molecular flexibility index (Phi) is 6.56. The predicted molar refractivity (Wildman–Crippen MR) is 46.0 cm³/mol. The second-order valence-corrected chi connectivity index (χ2v) is 2.35. The molecule has 0 aliphatic rings. The summed E-state index contributed by atoms with van der Waals surface area (Å²) < 4.78 is 0. The molecule has 0 aliphatic heterocycles. The van der Waals surface area contributed by atoms with Crippen molar-refractivity contribution in [1.29, 1.82) is 0 Å². The lowest BCUT2D eigenvalue weighted by Gasteiger charge is -1.90. The number of nitrogens with one attached hydrogen (secondary N) is 1. The lowest BCUT2D eigenvalue weighted by molar-refractivity contribution is 0.206. The van der Waals surface area contributed by atoms with Crippen LogP contribution in [0.15, 0.2) is 12.3 Å². The molecule has 0 aromatic heterocycles. The fraction of sp³-hybridized carbons (Fsp3) is 0.556. The van der Waals surface area contributed by atoms with Gasteiger partial charge in [-0.2, -0.15) is 0 Å². The number of unbranched alkanes of at least 4 members (excludes halogenated alkanes) is 3. The highest BCUT2D eigenvalue weighted by atomic mass is 16.5. The van der Waals surface area contributed by atoms with Gasteiger partial charge >= 0.3 is 0 Å². The Morgan fingerprint density at radius 3 is 2.82 bits per heavy atom. The van der Waals surface area contributed by atoms with Crippen LogP contribution in [0.3, 0.4) is 0 Å². The highest BCUT2D eigenvalue weighted by molar-refractivity contribution is 5.22. The standard InChI is InChI=1S/C9H15NO/c1-3-4-5-6-7-8-9(2)10-11/h10-11H,2-6H2,1H3. The van der Waals surface area contributed by atoms with Crippen LogP contribution in [0.5, 0.6) is 0 Å². The van der Waals surface area contributed by atoms with E-state index in [4.69, 9.17) is 5.21 Å². The zero-order chi connectivity index (χ0) is 8.53. The molecule has 0 amide bonds. The second kappa shape index (κ2) is 7.17. The molecule has 0 aromatic rings. The van der Waals surface area contributed by atoms with E-state index in [0.717, 1.165) is 12.8 Å². The highest BCUT2D eigenvalue weighted by Gasteiger charge is 1.81. The van der Waals surface area contributed by atoms with Crippen LogP contribution >= 0.6 is 0 Å². The Bertz CT molecular complexity index is 164. The van der Waals surface area contributed by atoms with Gasteiger partial charge in [-0.25, -0.2) is 0 Å². The molecule has 0 unspecified atom stereocenters. The number of rotatable bonds is 4. The molecule has 11 heavy (non-hydrogen) atoms. The van der Waals surface area contributed by atoms with Crippen LogP contribution in [-0.2, 0) is 0 Å². The normalized spacial score (nSPS) is 8.18. The molecule has 0 bridgehead atoms. The summed E-state index contributed by atoms with van der Waals surface area (Å²) >= 11 is 0. The summed E-state index contributed by atoms with van der Waals surface area (Å²) in [7, 11) is 0. The maximum atomic E-state index is 8.29. The predicted octanol–water partition coefficient (Wildman–Crippen LogP) is 2.06. The average molecular weight is 153 g/mol. The first-order valence-corrected chi connectivity index (χ1v) is 3.89. The van der Waals surface area contributed by atoms with Crippen molar-refractivity contribution in [2.75, 3.05) is 0 Å². The Balaban J connectivity index is 3.32. The largest absolute Gasteiger partial charge is 0.290 e. The Morgan fingerprint density at radius 1 is 1.55 bits per heavy atom. The van der Waals surface area contributed by atoms with E-state index in [0.29, 0.717) is 5.70 Å². The zero-order valence-corrected chi connectivity index (χ0v) is 6.98. The molecule has 0 atom stereocenters. The summed E-state index contributed by atoms with van der Waals surface area (Å²) in [4.78, 5) is 0. The van der Waals surface area contributed by atoms with Gasteiger partial charge in [0.2, 0.25) is 0 Å². The SMILES string of the molecule is C=C(C#CCCCCC)NO. The molecular formula is C9H15NO. The van der Waals surface area contributed by atoms with Crippen LogP contribution < -0.4 is 5.48 Å². The third kappa shape index (κ3) is 6.95. The van der Waals surface area contributed by atoms with Crippen molar-refractivity contribution >= 4 is 0 Å². The van der Waals surface area contributed by atoms with Gasteiger partial charge < -0.3 is 0 Å². The van der Waals surface area contributed by atoms with Gasteiger partial charge in [0.1, 0.15) is 5.70 Å². The molecule has 2 heteroatoms. The van der Waals surface area contributed by atoms with Gasteiger partial charge in [0.15, 0.2) is 0 Å². The van der Waals surface area contributed by atoms with E-state index in [-0.39, 0.29) is 0 Å². The van der Waals surface area contributed by atoms with Crippen LogP contribution in [0.25, 0.3) is 0 Å². The molecule has 2 nitrogen and oxygen atoms in total. The van der Waals surface area contributed by atoms with E-state index in [9.17, 15) is 0 Å². The van der Waals surface area contributed by atoms with E-state index in [1.54, 1.807) is 0 Å². The molecule has 0 saturated carbocycles. The first-order chi connectivity index (χ1) is 5.31. The van der Waals surface area contributed by atoms with Crippen LogP contribution in [0.4, 0.5) is 0 Å². The molecular weight excluding hydrogens is 138 g/mol. The summed E-state index contributed by atoms with van der Waals surface area (Å²) in [6.45, 7) is 5.61. The van der Waals surface area contributed by atoms with Crippen molar-refractivity contribution in [2.45, 2.75) is 32.6 Å². The van der Waals surface area contributed by atoms with Crippen molar-refractivity contribution < 1.29 is 5.21 Å². The maximum absolute atomic E-state index is 8.29. The minimum Gasteiger partial charge on any atom is -0.290 e. The molecule has 62 valence electrons. The number of allylic oxidation sites excluding steroid dienone is 1. The van der Waals surface area contributed by atoms with E-state index >= 15 is 0 Å². The molecule has 0 aromatic carbocycles. The molecule has 0 fully saturated rings. The summed E-state index contributed by atoms with van der Waals surface area (Å²) in [5.74, 6) is 5.58. The molecule has 0 saturated heterocycles. The van der Waals surface area contributed by atoms with Crippen molar-refractivity contribution in [2.24, 2.45) is 0 Å². The second-order valence-electron chi connectivity index (χ2n) is 2.35. The van der Waals surface area contributed by atoms with Gasteiger partial charge in [0, 0.05) is 6.42 Å². The van der Waals surface area contributed by atoms with E-state index in [2.05, 4.69) is 25.3 Å². The topological polar surface area (TPSA) is 32.3 Å². The van der Waals surface area contributed by atoms with Gasteiger partial charge in [0.25, 0.3) is 0 Å². The van der Waals surface area contributed by atoms with E-state index < -0.39 is 0 Å². The summed E-state index contributed by atoms with van der Waals surface area (Å²) in [5.41, 5.74) is 2.25. The van der Waals surface area contributed by atoms with Gasteiger partial charge in [0.05, 0.1) is 0 Å². The molecule has 0 rings (SSSR count). The fourth-order valence-electron chi connectivity index (χ4n) is 0.661. The average Bonchev–Trinajstić information content (AvgIpc) is 2.04.